The van der Waals surface area contributed by atoms with Crippen LogP contribution in [0.5, 0.6) is 0 Å². The molecule has 0 spiro atoms. The molecule has 3 nitrogen and oxygen atoms in total. The van der Waals surface area contributed by atoms with E-state index in [1.165, 1.54) is 19.3 Å². The van der Waals surface area contributed by atoms with Crippen LogP contribution in [0.2, 0.25) is 0 Å². The SMILES string of the molecule is COCC(NC(C)CC1CC1)c1ccco1. The first-order valence-corrected chi connectivity index (χ1v) is 6.08. The van der Waals surface area contributed by atoms with Crippen LogP contribution < -0.4 is 5.32 Å². The molecule has 2 rings (SSSR count). The molecule has 2 atom stereocenters. The summed E-state index contributed by atoms with van der Waals surface area (Å²) >= 11 is 0. The van der Waals surface area contributed by atoms with Gasteiger partial charge in [-0.3, -0.25) is 0 Å². The maximum atomic E-state index is 5.43. The van der Waals surface area contributed by atoms with Gasteiger partial charge < -0.3 is 14.5 Å². The molecule has 16 heavy (non-hydrogen) atoms. The van der Waals surface area contributed by atoms with Crippen LogP contribution >= 0.6 is 0 Å². The van der Waals surface area contributed by atoms with Crippen LogP contribution in [0.15, 0.2) is 22.8 Å². The largest absolute Gasteiger partial charge is 0.468 e. The van der Waals surface area contributed by atoms with Gasteiger partial charge in [-0.25, -0.2) is 0 Å². The standard InChI is InChI=1S/C13H21NO2/c1-10(8-11-5-6-11)14-12(9-15-2)13-4-3-7-16-13/h3-4,7,10-12,14H,5-6,8-9H2,1-2H3. The van der Waals surface area contributed by atoms with Crippen LogP contribution in [-0.2, 0) is 4.74 Å². The lowest BCUT2D eigenvalue weighted by Gasteiger charge is -2.21. The van der Waals surface area contributed by atoms with Gasteiger partial charge in [0.25, 0.3) is 0 Å². The van der Waals surface area contributed by atoms with Crippen LogP contribution in [0.4, 0.5) is 0 Å². The number of hydrogen-bond acceptors (Lipinski definition) is 3. The van der Waals surface area contributed by atoms with Crippen LogP contribution in [-0.4, -0.2) is 19.8 Å². The van der Waals surface area contributed by atoms with Gasteiger partial charge in [0, 0.05) is 13.2 Å². The van der Waals surface area contributed by atoms with Gasteiger partial charge in [-0.05, 0) is 31.4 Å². The molecular formula is C13H21NO2. The van der Waals surface area contributed by atoms with E-state index in [2.05, 4.69) is 12.2 Å². The molecule has 90 valence electrons. The number of methoxy groups -OCH3 is 1. The number of ether oxygens (including phenoxy) is 1. The summed E-state index contributed by atoms with van der Waals surface area (Å²) < 4.78 is 10.7. The third-order valence-corrected chi connectivity index (χ3v) is 3.09. The molecule has 0 bridgehead atoms. The Hall–Kier alpha value is -0.800. The molecule has 0 saturated heterocycles. The number of nitrogens with one attached hydrogen (secondary N) is 1. The highest BCUT2D eigenvalue weighted by molar-refractivity contribution is 5.04. The van der Waals surface area contributed by atoms with E-state index < -0.39 is 0 Å². The van der Waals surface area contributed by atoms with Gasteiger partial charge in [-0.2, -0.15) is 0 Å². The summed E-state index contributed by atoms with van der Waals surface area (Å²) in [7, 11) is 1.73. The van der Waals surface area contributed by atoms with E-state index in [1.807, 2.05) is 12.1 Å². The van der Waals surface area contributed by atoms with Crippen molar-refractivity contribution in [2.24, 2.45) is 5.92 Å². The van der Waals surface area contributed by atoms with Crippen molar-refractivity contribution in [2.75, 3.05) is 13.7 Å². The Morgan fingerprint density at radius 1 is 1.56 bits per heavy atom. The maximum absolute atomic E-state index is 5.43. The van der Waals surface area contributed by atoms with Crippen molar-refractivity contribution in [3.05, 3.63) is 24.2 Å². The van der Waals surface area contributed by atoms with Crippen molar-refractivity contribution in [3.63, 3.8) is 0 Å². The predicted molar refractivity (Wildman–Crippen MR) is 63.3 cm³/mol. The fourth-order valence-corrected chi connectivity index (χ4v) is 2.13. The predicted octanol–water partition coefficient (Wildman–Crippen LogP) is 2.75. The summed E-state index contributed by atoms with van der Waals surface area (Å²) in [6.45, 7) is 2.90. The van der Waals surface area contributed by atoms with E-state index in [4.69, 9.17) is 9.15 Å². The topological polar surface area (TPSA) is 34.4 Å². The monoisotopic (exact) mass is 223 g/mol. The lowest BCUT2D eigenvalue weighted by molar-refractivity contribution is 0.150. The summed E-state index contributed by atoms with van der Waals surface area (Å²) in [6.07, 6.45) is 5.79. The summed E-state index contributed by atoms with van der Waals surface area (Å²) in [5.41, 5.74) is 0. The second-order valence-electron chi connectivity index (χ2n) is 4.77. The molecule has 1 aliphatic carbocycles. The molecule has 1 aromatic rings. The Kier molecular flexibility index (Phi) is 4.02. The van der Waals surface area contributed by atoms with Gasteiger partial charge in [0.05, 0.1) is 18.9 Å². The van der Waals surface area contributed by atoms with Gasteiger partial charge in [-0.1, -0.05) is 12.8 Å². The number of furan rings is 1. The third-order valence-electron chi connectivity index (χ3n) is 3.09. The van der Waals surface area contributed by atoms with E-state index in [0.29, 0.717) is 12.6 Å². The van der Waals surface area contributed by atoms with Crippen molar-refractivity contribution in [2.45, 2.75) is 38.3 Å². The van der Waals surface area contributed by atoms with E-state index in [9.17, 15) is 0 Å². The van der Waals surface area contributed by atoms with Gasteiger partial charge in [0.2, 0.25) is 0 Å². The maximum Gasteiger partial charge on any atom is 0.123 e. The van der Waals surface area contributed by atoms with Crippen molar-refractivity contribution in [1.82, 2.24) is 5.32 Å². The first-order valence-electron chi connectivity index (χ1n) is 6.08. The second kappa shape index (κ2) is 5.51. The third kappa shape index (κ3) is 3.35. The van der Waals surface area contributed by atoms with Gasteiger partial charge in [0.1, 0.15) is 5.76 Å². The normalized spacial score (nSPS) is 19.6. The molecule has 1 saturated carbocycles. The average Bonchev–Trinajstić information content (AvgIpc) is 2.90. The zero-order chi connectivity index (χ0) is 11.4. The quantitative estimate of drug-likeness (QED) is 0.771. The number of rotatable bonds is 7. The second-order valence-corrected chi connectivity index (χ2v) is 4.77. The van der Waals surface area contributed by atoms with Crippen LogP contribution in [0.1, 0.15) is 38.0 Å². The van der Waals surface area contributed by atoms with E-state index in [0.717, 1.165) is 11.7 Å². The fraction of sp³-hybridized carbons (Fsp3) is 0.692. The van der Waals surface area contributed by atoms with Crippen LogP contribution in [0.3, 0.4) is 0 Å². The van der Waals surface area contributed by atoms with Gasteiger partial charge in [0.15, 0.2) is 0 Å². The highest BCUT2D eigenvalue weighted by Gasteiger charge is 2.25. The molecule has 0 aromatic carbocycles. The zero-order valence-electron chi connectivity index (χ0n) is 10.1. The number of hydrogen-bond donors (Lipinski definition) is 1. The fourth-order valence-electron chi connectivity index (χ4n) is 2.13. The molecule has 1 N–H and O–H groups in total. The first-order chi connectivity index (χ1) is 7.79. The molecule has 0 amide bonds. The minimum Gasteiger partial charge on any atom is -0.468 e. The Morgan fingerprint density at radius 3 is 2.94 bits per heavy atom. The Morgan fingerprint density at radius 2 is 2.38 bits per heavy atom. The molecule has 1 heterocycles. The average molecular weight is 223 g/mol. The highest BCUT2D eigenvalue weighted by Crippen LogP contribution is 2.33. The molecular weight excluding hydrogens is 202 g/mol. The molecule has 0 aliphatic heterocycles. The van der Waals surface area contributed by atoms with Crippen molar-refractivity contribution in [3.8, 4) is 0 Å². The Balaban J connectivity index is 1.86. The van der Waals surface area contributed by atoms with E-state index >= 15 is 0 Å². The van der Waals surface area contributed by atoms with Crippen molar-refractivity contribution >= 4 is 0 Å². The minimum absolute atomic E-state index is 0.175. The molecule has 1 aliphatic rings. The minimum atomic E-state index is 0.175. The molecule has 1 aromatic heterocycles. The zero-order valence-corrected chi connectivity index (χ0v) is 10.1. The van der Waals surface area contributed by atoms with Crippen molar-refractivity contribution < 1.29 is 9.15 Å². The van der Waals surface area contributed by atoms with E-state index in [-0.39, 0.29) is 6.04 Å². The Bertz CT molecular complexity index is 293. The summed E-state index contributed by atoms with van der Waals surface area (Å²) in [6, 6.07) is 4.62. The van der Waals surface area contributed by atoms with E-state index in [1.54, 1.807) is 13.4 Å². The van der Waals surface area contributed by atoms with Crippen LogP contribution in [0, 0.1) is 5.92 Å². The lowest BCUT2D eigenvalue weighted by atomic mass is 10.1. The van der Waals surface area contributed by atoms with Crippen molar-refractivity contribution in [1.29, 1.82) is 0 Å². The first kappa shape index (κ1) is 11.7. The highest BCUT2D eigenvalue weighted by atomic mass is 16.5. The van der Waals surface area contributed by atoms with Gasteiger partial charge >= 0.3 is 0 Å². The Labute approximate surface area is 97.2 Å². The molecule has 2 unspecified atom stereocenters. The van der Waals surface area contributed by atoms with Crippen LogP contribution in [0.25, 0.3) is 0 Å². The molecule has 3 heteroatoms. The lowest BCUT2D eigenvalue weighted by Crippen LogP contribution is -2.33. The van der Waals surface area contributed by atoms with Gasteiger partial charge in [-0.15, -0.1) is 0 Å². The smallest absolute Gasteiger partial charge is 0.123 e. The summed E-state index contributed by atoms with van der Waals surface area (Å²) in [4.78, 5) is 0. The summed E-state index contributed by atoms with van der Waals surface area (Å²) in [5, 5.41) is 3.57. The summed E-state index contributed by atoms with van der Waals surface area (Å²) in [5.74, 6) is 1.91. The molecule has 1 fully saturated rings. The molecule has 0 radical (unpaired) electrons.